The Balaban J connectivity index is 2.64. The van der Waals surface area contributed by atoms with Gasteiger partial charge in [0.05, 0.1) is 0 Å². The van der Waals surface area contributed by atoms with Crippen molar-refractivity contribution >= 4 is 11.4 Å². The molecular formula is C13H22N2. The molecule has 84 valence electrons. The third-order valence-corrected chi connectivity index (χ3v) is 1.86. The van der Waals surface area contributed by atoms with Crippen molar-refractivity contribution in [2.75, 3.05) is 10.6 Å². The molecule has 0 saturated carbocycles. The zero-order valence-electron chi connectivity index (χ0n) is 10.4. The fourth-order valence-electron chi connectivity index (χ4n) is 1.42. The zero-order valence-corrected chi connectivity index (χ0v) is 10.4. The predicted octanol–water partition coefficient (Wildman–Crippen LogP) is 3.72. The first-order chi connectivity index (χ1) is 6.87. The Labute approximate surface area is 93.1 Å². The van der Waals surface area contributed by atoms with Crippen molar-refractivity contribution in [2.24, 2.45) is 0 Å². The molecule has 0 saturated heterocycles. The summed E-state index contributed by atoms with van der Waals surface area (Å²) in [6, 6.07) is 8.90. The van der Waals surface area contributed by atoms with Gasteiger partial charge in [-0.3, -0.25) is 0 Å². The lowest BCUT2D eigenvalue weighted by Crippen LogP contribution is -2.25. The highest BCUT2D eigenvalue weighted by Gasteiger charge is 2.08. The smallest absolute Gasteiger partial charge is 0.0345 e. The number of hydrogen-bond donors (Lipinski definition) is 2. The van der Waals surface area contributed by atoms with Crippen molar-refractivity contribution in [1.82, 2.24) is 0 Å². The molecule has 0 bridgehead atoms. The minimum Gasteiger partial charge on any atom is -0.383 e. The van der Waals surface area contributed by atoms with Crippen LogP contribution in [0.3, 0.4) is 0 Å². The van der Waals surface area contributed by atoms with E-state index in [-0.39, 0.29) is 5.54 Å². The summed E-state index contributed by atoms with van der Waals surface area (Å²) in [5, 5.41) is 6.80. The summed E-state index contributed by atoms with van der Waals surface area (Å²) >= 11 is 0. The van der Waals surface area contributed by atoms with E-state index in [4.69, 9.17) is 0 Å². The second-order valence-corrected chi connectivity index (χ2v) is 5.25. The van der Waals surface area contributed by atoms with Gasteiger partial charge in [0.15, 0.2) is 0 Å². The monoisotopic (exact) mass is 206 g/mol. The van der Waals surface area contributed by atoms with Crippen LogP contribution in [0.5, 0.6) is 0 Å². The zero-order chi connectivity index (χ0) is 11.5. The summed E-state index contributed by atoms with van der Waals surface area (Å²) in [5.74, 6) is 0. The molecule has 2 heteroatoms. The van der Waals surface area contributed by atoms with Crippen LogP contribution in [0.25, 0.3) is 0 Å². The summed E-state index contributed by atoms with van der Waals surface area (Å²) in [6.45, 7) is 10.8. The van der Waals surface area contributed by atoms with E-state index in [1.54, 1.807) is 0 Å². The lowest BCUT2D eigenvalue weighted by Gasteiger charge is -2.22. The van der Waals surface area contributed by atoms with E-state index >= 15 is 0 Å². The van der Waals surface area contributed by atoms with Crippen molar-refractivity contribution < 1.29 is 0 Å². The van der Waals surface area contributed by atoms with Gasteiger partial charge in [-0.15, -0.1) is 0 Å². The number of rotatable bonds is 3. The minimum atomic E-state index is 0.118. The standard InChI is InChI=1S/C13H22N2/c1-10(2)14-11-6-8-12(9-7-11)15-13(3,4)5/h6-10,14-15H,1-5H3. The quantitative estimate of drug-likeness (QED) is 0.787. The van der Waals surface area contributed by atoms with Crippen LogP contribution in [0, 0.1) is 0 Å². The van der Waals surface area contributed by atoms with Crippen molar-refractivity contribution in [3.05, 3.63) is 24.3 Å². The molecule has 0 unspecified atom stereocenters. The van der Waals surface area contributed by atoms with Gasteiger partial charge in [-0.05, 0) is 58.9 Å². The summed E-state index contributed by atoms with van der Waals surface area (Å²) in [6.07, 6.45) is 0. The summed E-state index contributed by atoms with van der Waals surface area (Å²) in [5.41, 5.74) is 2.45. The van der Waals surface area contributed by atoms with E-state index < -0.39 is 0 Å². The molecule has 0 heterocycles. The van der Waals surface area contributed by atoms with E-state index in [9.17, 15) is 0 Å². The molecule has 0 aliphatic heterocycles. The van der Waals surface area contributed by atoms with Crippen LogP contribution in [0.2, 0.25) is 0 Å². The maximum Gasteiger partial charge on any atom is 0.0345 e. The number of nitrogens with one attached hydrogen (secondary N) is 2. The van der Waals surface area contributed by atoms with Crippen LogP contribution in [-0.4, -0.2) is 11.6 Å². The first-order valence-corrected chi connectivity index (χ1v) is 5.51. The molecule has 1 aromatic carbocycles. The lowest BCUT2D eigenvalue weighted by atomic mass is 10.1. The first-order valence-electron chi connectivity index (χ1n) is 5.51. The van der Waals surface area contributed by atoms with E-state index in [1.165, 1.54) is 5.69 Å². The molecule has 0 aromatic heterocycles. The van der Waals surface area contributed by atoms with Gasteiger partial charge < -0.3 is 10.6 Å². The van der Waals surface area contributed by atoms with Gasteiger partial charge in [-0.2, -0.15) is 0 Å². The van der Waals surface area contributed by atoms with Crippen LogP contribution in [0.4, 0.5) is 11.4 Å². The predicted molar refractivity (Wildman–Crippen MR) is 68.6 cm³/mol. The van der Waals surface area contributed by atoms with Crippen LogP contribution in [0.1, 0.15) is 34.6 Å². The molecule has 0 spiro atoms. The lowest BCUT2D eigenvalue weighted by molar-refractivity contribution is 0.634. The summed E-state index contributed by atoms with van der Waals surface area (Å²) in [4.78, 5) is 0. The van der Waals surface area contributed by atoms with Crippen LogP contribution < -0.4 is 10.6 Å². The Bertz CT molecular complexity index is 293. The Hall–Kier alpha value is -1.18. The van der Waals surface area contributed by atoms with Crippen molar-refractivity contribution in [3.8, 4) is 0 Å². The topological polar surface area (TPSA) is 24.1 Å². The van der Waals surface area contributed by atoms with Crippen molar-refractivity contribution in [1.29, 1.82) is 0 Å². The molecule has 1 rings (SSSR count). The molecule has 2 nitrogen and oxygen atoms in total. The number of anilines is 2. The molecular weight excluding hydrogens is 184 g/mol. The van der Waals surface area contributed by atoms with E-state index in [0.717, 1.165) is 5.69 Å². The average molecular weight is 206 g/mol. The van der Waals surface area contributed by atoms with Gasteiger partial charge in [0.2, 0.25) is 0 Å². The average Bonchev–Trinajstić information content (AvgIpc) is 2.05. The Morgan fingerprint density at radius 2 is 1.40 bits per heavy atom. The SMILES string of the molecule is CC(C)Nc1ccc(NC(C)(C)C)cc1. The highest BCUT2D eigenvalue weighted by atomic mass is 15.0. The van der Waals surface area contributed by atoms with Gasteiger partial charge in [-0.25, -0.2) is 0 Å². The summed E-state index contributed by atoms with van der Waals surface area (Å²) < 4.78 is 0. The van der Waals surface area contributed by atoms with Gasteiger partial charge in [0.25, 0.3) is 0 Å². The highest BCUT2D eigenvalue weighted by molar-refractivity contribution is 5.54. The van der Waals surface area contributed by atoms with Crippen molar-refractivity contribution in [2.45, 2.75) is 46.2 Å². The van der Waals surface area contributed by atoms with Crippen LogP contribution in [-0.2, 0) is 0 Å². The molecule has 0 fully saturated rings. The van der Waals surface area contributed by atoms with Crippen LogP contribution in [0.15, 0.2) is 24.3 Å². The van der Waals surface area contributed by atoms with Gasteiger partial charge >= 0.3 is 0 Å². The summed E-state index contributed by atoms with van der Waals surface area (Å²) in [7, 11) is 0. The minimum absolute atomic E-state index is 0.118. The second-order valence-electron chi connectivity index (χ2n) is 5.25. The van der Waals surface area contributed by atoms with Crippen LogP contribution >= 0.6 is 0 Å². The molecule has 0 atom stereocenters. The van der Waals surface area contributed by atoms with Gasteiger partial charge in [0.1, 0.15) is 0 Å². The third-order valence-electron chi connectivity index (χ3n) is 1.86. The molecule has 1 aromatic rings. The normalized spacial score (nSPS) is 11.6. The highest BCUT2D eigenvalue weighted by Crippen LogP contribution is 2.17. The third kappa shape index (κ3) is 4.73. The Kier molecular flexibility index (Phi) is 3.61. The van der Waals surface area contributed by atoms with E-state index in [1.807, 2.05) is 0 Å². The molecule has 0 radical (unpaired) electrons. The van der Waals surface area contributed by atoms with Gasteiger partial charge in [-0.1, -0.05) is 0 Å². The van der Waals surface area contributed by atoms with Crippen molar-refractivity contribution in [3.63, 3.8) is 0 Å². The Morgan fingerprint density at radius 1 is 0.933 bits per heavy atom. The fraction of sp³-hybridized carbons (Fsp3) is 0.538. The maximum atomic E-state index is 3.43. The van der Waals surface area contributed by atoms with Gasteiger partial charge in [0, 0.05) is 23.0 Å². The Morgan fingerprint density at radius 3 is 1.80 bits per heavy atom. The first kappa shape index (κ1) is 11.9. The molecule has 0 aliphatic rings. The van der Waals surface area contributed by atoms with E-state index in [0.29, 0.717) is 6.04 Å². The maximum absolute atomic E-state index is 3.43. The molecule has 0 amide bonds. The number of benzene rings is 1. The molecule has 0 aliphatic carbocycles. The molecule has 2 N–H and O–H groups in total. The largest absolute Gasteiger partial charge is 0.383 e. The van der Waals surface area contributed by atoms with E-state index in [2.05, 4.69) is 69.5 Å². The second kappa shape index (κ2) is 4.56. The fourth-order valence-corrected chi connectivity index (χ4v) is 1.42. The molecule has 15 heavy (non-hydrogen) atoms. The number of hydrogen-bond acceptors (Lipinski definition) is 2.